The molecular weight excluding hydrogens is 512 g/mol. The van der Waals surface area contributed by atoms with Crippen molar-refractivity contribution in [3.8, 4) is 5.75 Å². The van der Waals surface area contributed by atoms with E-state index in [4.69, 9.17) is 16.3 Å². The lowest BCUT2D eigenvalue weighted by Gasteiger charge is -2.11. The summed E-state index contributed by atoms with van der Waals surface area (Å²) in [6, 6.07) is 13.2. The summed E-state index contributed by atoms with van der Waals surface area (Å²) >= 11 is 8.14. The van der Waals surface area contributed by atoms with Crippen LogP contribution in [0, 0.1) is 6.92 Å². The van der Waals surface area contributed by atoms with E-state index in [1.165, 1.54) is 76.3 Å². The number of benzene rings is 2. The lowest BCUT2D eigenvalue weighted by atomic mass is 10.1. The highest BCUT2D eigenvalue weighted by Gasteiger charge is 2.13. The number of hydrogen-bond donors (Lipinski definition) is 1. The number of unbranched alkanes of at least 4 members (excludes halogenated alkanes) is 11. The molecule has 0 spiro atoms. The van der Waals surface area contributed by atoms with Crippen LogP contribution < -0.4 is 14.6 Å². The first-order valence-electron chi connectivity index (χ1n) is 14.3. The van der Waals surface area contributed by atoms with E-state index in [1.807, 2.05) is 36.4 Å². The zero-order valence-corrected chi connectivity index (χ0v) is 24.7. The van der Waals surface area contributed by atoms with E-state index in [-0.39, 0.29) is 5.91 Å². The number of carbonyl (C=O) groups is 1. The molecule has 4 nitrogen and oxygen atoms in total. The molecule has 0 aliphatic carbocycles. The molecule has 3 rings (SSSR count). The normalized spacial score (nSPS) is 11.0. The highest BCUT2D eigenvalue weighted by molar-refractivity contribution is 7.07. The molecule has 1 amide bonds. The lowest BCUT2D eigenvalue weighted by Crippen LogP contribution is -2.34. The molecule has 38 heavy (non-hydrogen) atoms. The number of rotatable bonds is 18. The van der Waals surface area contributed by atoms with Crippen molar-refractivity contribution in [1.29, 1.82) is 0 Å². The van der Waals surface area contributed by atoms with Gasteiger partial charge >= 0.3 is 0 Å². The Balaban J connectivity index is 1.33. The van der Waals surface area contributed by atoms with Crippen molar-refractivity contribution in [3.05, 3.63) is 75.2 Å². The van der Waals surface area contributed by atoms with Gasteiger partial charge in [-0.15, -0.1) is 0 Å². The van der Waals surface area contributed by atoms with Gasteiger partial charge in [-0.1, -0.05) is 113 Å². The molecule has 1 aromatic heterocycles. The van der Waals surface area contributed by atoms with Crippen LogP contribution in [0.5, 0.6) is 5.75 Å². The summed E-state index contributed by atoms with van der Waals surface area (Å²) < 4.78 is 8.08. The molecule has 6 heteroatoms. The largest absolute Gasteiger partial charge is 0.494 e. The van der Waals surface area contributed by atoms with Gasteiger partial charge in [-0.05, 0) is 30.7 Å². The monoisotopic (exact) mass is 555 g/mol. The van der Waals surface area contributed by atoms with Gasteiger partial charge in [-0.3, -0.25) is 4.79 Å². The highest BCUT2D eigenvalue weighted by Crippen LogP contribution is 2.27. The van der Waals surface area contributed by atoms with Gasteiger partial charge in [0.25, 0.3) is 5.91 Å². The third kappa shape index (κ3) is 10.8. The van der Waals surface area contributed by atoms with Gasteiger partial charge in [0.15, 0.2) is 12.2 Å². The number of nitrogens with one attached hydrogen (secondary N) is 1. The molecule has 1 N–H and O–H groups in total. The average molecular weight is 556 g/mol. The van der Waals surface area contributed by atoms with Gasteiger partial charge < -0.3 is 10.1 Å². The Morgan fingerprint density at radius 3 is 2.24 bits per heavy atom. The third-order valence-corrected chi connectivity index (χ3v) is 8.04. The second-order valence-electron chi connectivity index (χ2n) is 10.2. The Morgan fingerprint density at radius 1 is 0.921 bits per heavy atom. The average Bonchev–Trinajstić information content (AvgIpc) is 3.32. The molecule has 1 heterocycles. The van der Waals surface area contributed by atoms with E-state index in [1.54, 1.807) is 17.4 Å². The lowest BCUT2D eigenvalue weighted by molar-refractivity contribution is -0.689. The standard InChI is InChI=1S/C32H43ClN2O2S/c1-3-4-5-6-7-8-9-10-11-12-13-14-20-37-29-18-19-31(30(33)22-29)34-32(36)28-17-15-16-27(21-28)23-35-25-38-24-26(35)2/h15-19,21-22,24-25H,3-14,20,23H2,1-2H3/p+1. The number of nitrogens with zero attached hydrogens (tertiary/aromatic N) is 1. The fourth-order valence-electron chi connectivity index (χ4n) is 4.54. The van der Waals surface area contributed by atoms with Crippen LogP contribution in [0.1, 0.15) is 106 Å². The molecule has 0 bridgehead atoms. The Kier molecular flexibility index (Phi) is 13.7. The van der Waals surface area contributed by atoms with Gasteiger partial charge in [0, 0.05) is 24.1 Å². The smallest absolute Gasteiger partial charge is 0.255 e. The number of halogens is 1. The summed E-state index contributed by atoms with van der Waals surface area (Å²) in [7, 11) is 0. The molecule has 0 fully saturated rings. The van der Waals surface area contributed by atoms with E-state index in [0.717, 1.165) is 24.3 Å². The number of amides is 1. The zero-order chi connectivity index (χ0) is 27.0. The summed E-state index contributed by atoms with van der Waals surface area (Å²) in [4.78, 5) is 12.9. The quantitative estimate of drug-likeness (QED) is 0.125. The van der Waals surface area contributed by atoms with Crippen LogP contribution >= 0.6 is 22.9 Å². The summed E-state index contributed by atoms with van der Waals surface area (Å²) in [5.74, 6) is 0.562. The van der Waals surface area contributed by atoms with Gasteiger partial charge in [-0.2, -0.15) is 4.57 Å². The Hall–Kier alpha value is -2.37. The number of aryl methyl sites for hydroxylation is 1. The predicted octanol–water partition coefficient (Wildman–Crippen LogP) is 9.38. The van der Waals surface area contributed by atoms with Crippen molar-refractivity contribution >= 4 is 34.5 Å². The van der Waals surface area contributed by atoms with Crippen molar-refractivity contribution in [2.24, 2.45) is 0 Å². The zero-order valence-electron chi connectivity index (χ0n) is 23.1. The molecule has 206 valence electrons. The molecule has 3 aromatic rings. The van der Waals surface area contributed by atoms with Crippen LogP contribution in [-0.2, 0) is 6.54 Å². The molecular formula is C32H44ClN2O2S+. The molecule has 0 aliphatic heterocycles. The van der Waals surface area contributed by atoms with Crippen LogP contribution in [0.4, 0.5) is 5.69 Å². The fraction of sp³-hybridized carbons (Fsp3) is 0.500. The van der Waals surface area contributed by atoms with E-state index in [2.05, 4.69) is 34.6 Å². The van der Waals surface area contributed by atoms with Crippen molar-refractivity contribution in [3.63, 3.8) is 0 Å². The van der Waals surface area contributed by atoms with Crippen molar-refractivity contribution in [2.45, 2.75) is 97.4 Å². The first-order chi connectivity index (χ1) is 18.6. The molecule has 0 saturated carbocycles. The topological polar surface area (TPSA) is 42.2 Å². The minimum Gasteiger partial charge on any atom is -0.494 e. The fourth-order valence-corrected chi connectivity index (χ4v) is 5.54. The second-order valence-corrected chi connectivity index (χ2v) is 11.3. The van der Waals surface area contributed by atoms with Gasteiger partial charge in [0.05, 0.1) is 22.7 Å². The molecule has 0 aliphatic rings. The first-order valence-corrected chi connectivity index (χ1v) is 15.6. The number of thiazole rings is 1. The third-order valence-electron chi connectivity index (χ3n) is 6.88. The Labute approximate surface area is 238 Å². The summed E-state index contributed by atoms with van der Waals surface area (Å²) in [5.41, 5.74) is 5.57. The minimum absolute atomic E-state index is 0.175. The van der Waals surface area contributed by atoms with Crippen molar-refractivity contribution in [2.75, 3.05) is 11.9 Å². The van der Waals surface area contributed by atoms with Crippen LogP contribution in [-0.4, -0.2) is 12.5 Å². The number of hydrogen-bond acceptors (Lipinski definition) is 3. The Morgan fingerprint density at radius 2 is 1.61 bits per heavy atom. The van der Waals surface area contributed by atoms with E-state index >= 15 is 0 Å². The van der Waals surface area contributed by atoms with Gasteiger partial charge in [0.1, 0.15) is 5.75 Å². The maximum atomic E-state index is 12.9. The van der Waals surface area contributed by atoms with Crippen LogP contribution in [0.3, 0.4) is 0 Å². The summed E-state index contributed by atoms with van der Waals surface area (Å²) in [6.45, 7) is 5.78. The van der Waals surface area contributed by atoms with Crippen LogP contribution in [0.25, 0.3) is 0 Å². The van der Waals surface area contributed by atoms with Gasteiger partial charge in [-0.25, -0.2) is 0 Å². The predicted molar refractivity (Wildman–Crippen MR) is 161 cm³/mol. The van der Waals surface area contributed by atoms with E-state index < -0.39 is 0 Å². The second kappa shape index (κ2) is 17.3. The van der Waals surface area contributed by atoms with Crippen molar-refractivity contribution < 1.29 is 14.1 Å². The van der Waals surface area contributed by atoms with Crippen LogP contribution in [0.15, 0.2) is 53.4 Å². The van der Waals surface area contributed by atoms with Crippen LogP contribution in [0.2, 0.25) is 5.02 Å². The maximum Gasteiger partial charge on any atom is 0.255 e. The molecule has 0 atom stereocenters. The van der Waals surface area contributed by atoms with E-state index in [9.17, 15) is 4.79 Å². The first kappa shape index (κ1) is 30.2. The number of carbonyl (C=O) groups excluding carboxylic acids is 1. The Bertz CT molecular complexity index is 1110. The number of ether oxygens (including phenoxy) is 1. The maximum absolute atomic E-state index is 12.9. The van der Waals surface area contributed by atoms with Crippen molar-refractivity contribution in [1.82, 2.24) is 0 Å². The number of aromatic nitrogens is 1. The summed E-state index contributed by atoms with van der Waals surface area (Å²) in [6.07, 6.45) is 15.9. The highest BCUT2D eigenvalue weighted by atomic mass is 35.5. The number of anilines is 1. The minimum atomic E-state index is -0.175. The molecule has 0 saturated heterocycles. The molecule has 2 aromatic carbocycles. The van der Waals surface area contributed by atoms with Gasteiger partial charge in [0.2, 0.25) is 5.51 Å². The summed E-state index contributed by atoms with van der Waals surface area (Å²) in [5, 5.41) is 5.53. The molecule has 0 radical (unpaired) electrons. The SMILES string of the molecule is CCCCCCCCCCCCCCOc1ccc(NC(=O)c2cccc(C[n+]3cscc3C)c2)c(Cl)c1. The van der Waals surface area contributed by atoms with E-state index in [0.29, 0.717) is 22.9 Å². The molecule has 0 unspecified atom stereocenters.